The molecule has 0 atom stereocenters. The zero-order valence-corrected chi connectivity index (χ0v) is 11.7. The Morgan fingerprint density at radius 2 is 1.82 bits per heavy atom. The molecule has 3 rings (SSSR count). The van der Waals surface area contributed by atoms with Gasteiger partial charge in [0, 0.05) is 10.9 Å². The first-order valence-electron chi connectivity index (χ1n) is 6.79. The second kappa shape index (κ2) is 6.06. The fourth-order valence-corrected chi connectivity index (χ4v) is 2.15. The normalized spacial score (nSPS) is 10.1. The van der Waals surface area contributed by atoms with Crippen LogP contribution in [0.5, 0.6) is 0 Å². The number of fused-ring (bicyclic) bond motifs is 1. The number of benzene rings is 2. The van der Waals surface area contributed by atoms with Crippen molar-refractivity contribution in [1.82, 2.24) is 4.98 Å². The molecule has 0 unspecified atom stereocenters. The van der Waals surface area contributed by atoms with Crippen molar-refractivity contribution in [3.63, 3.8) is 0 Å². The van der Waals surface area contributed by atoms with Gasteiger partial charge in [0.15, 0.2) is 0 Å². The molecule has 22 heavy (non-hydrogen) atoms. The monoisotopic (exact) mass is 288 g/mol. The van der Waals surface area contributed by atoms with E-state index in [2.05, 4.69) is 11.1 Å². The molecule has 0 fully saturated rings. The molecule has 0 radical (unpaired) electrons. The van der Waals surface area contributed by atoms with Crippen LogP contribution in [0.25, 0.3) is 10.9 Å². The standard InChI is InChI=1S/C18H12N2O2/c19-11-14-6-1-2-7-15(14)12-22-18(21)17-10-9-13-5-3-4-8-16(13)20-17/h1-10H,12H2. The van der Waals surface area contributed by atoms with E-state index in [1.165, 1.54) is 0 Å². The maximum absolute atomic E-state index is 12.1. The zero-order valence-electron chi connectivity index (χ0n) is 11.7. The van der Waals surface area contributed by atoms with Gasteiger partial charge in [0.2, 0.25) is 0 Å². The van der Waals surface area contributed by atoms with Crippen LogP contribution in [-0.4, -0.2) is 11.0 Å². The van der Waals surface area contributed by atoms with E-state index < -0.39 is 5.97 Å². The topological polar surface area (TPSA) is 63.0 Å². The van der Waals surface area contributed by atoms with E-state index >= 15 is 0 Å². The number of ether oxygens (including phenoxy) is 1. The van der Waals surface area contributed by atoms with E-state index in [1.807, 2.05) is 30.3 Å². The number of para-hydroxylation sites is 1. The summed E-state index contributed by atoms with van der Waals surface area (Å²) in [4.78, 5) is 16.4. The highest BCUT2D eigenvalue weighted by Crippen LogP contribution is 2.14. The molecule has 0 aliphatic carbocycles. The van der Waals surface area contributed by atoms with Gasteiger partial charge in [0.05, 0.1) is 17.1 Å². The van der Waals surface area contributed by atoms with Gasteiger partial charge < -0.3 is 4.74 Å². The number of aromatic nitrogens is 1. The van der Waals surface area contributed by atoms with Crippen molar-refractivity contribution in [3.8, 4) is 6.07 Å². The molecule has 0 aliphatic rings. The van der Waals surface area contributed by atoms with Crippen molar-refractivity contribution in [2.24, 2.45) is 0 Å². The number of hydrogen-bond donors (Lipinski definition) is 0. The first-order chi connectivity index (χ1) is 10.8. The third kappa shape index (κ3) is 2.79. The first kappa shape index (κ1) is 13.8. The molecule has 3 aromatic rings. The quantitative estimate of drug-likeness (QED) is 0.692. The zero-order chi connectivity index (χ0) is 15.4. The molecular weight excluding hydrogens is 276 g/mol. The minimum absolute atomic E-state index is 0.0527. The molecule has 4 heteroatoms. The molecule has 106 valence electrons. The summed E-state index contributed by atoms with van der Waals surface area (Å²) in [5, 5.41) is 9.98. The molecule has 1 aromatic heterocycles. The van der Waals surface area contributed by atoms with Crippen LogP contribution in [0.2, 0.25) is 0 Å². The van der Waals surface area contributed by atoms with Crippen molar-refractivity contribution in [3.05, 3.63) is 77.5 Å². The second-order valence-electron chi connectivity index (χ2n) is 4.73. The van der Waals surface area contributed by atoms with E-state index in [9.17, 15) is 4.79 Å². The Morgan fingerprint density at radius 3 is 2.68 bits per heavy atom. The van der Waals surface area contributed by atoms with Gasteiger partial charge in [0.25, 0.3) is 0 Å². The molecule has 0 N–H and O–H groups in total. The smallest absolute Gasteiger partial charge is 0.357 e. The summed E-state index contributed by atoms with van der Waals surface area (Å²) in [5.74, 6) is -0.501. The molecule has 0 bridgehead atoms. The van der Waals surface area contributed by atoms with Crippen LogP contribution in [0.1, 0.15) is 21.6 Å². The lowest BCUT2D eigenvalue weighted by molar-refractivity contribution is 0.0466. The fraction of sp³-hybridized carbons (Fsp3) is 0.0556. The summed E-state index contributed by atoms with van der Waals surface area (Å²) < 4.78 is 5.25. The van der Waals surface area contributed by atoms with Gasteiger partial charge in [0.1, 0.15) is 12.3 Å². The van der Waals surface area contributed by atoms with Gasteiger partial charge in [-0.2, -0.15) is 5.26 Å². The van der Waals surface area contributed by atoms with Crippen molar-refractivity contribution in [1.29, 1.82) is 5.26 Å². The SMILES string of the molecule is N#Cc1ccccc1COC(=O)c1ccc2ccccc2n1. The third-order valence-corrected chi connectivity index (χ3v) is 3.30. The van der Waals surface area contributed by atoms with Crippen molar-refractivity contribution < 1.29 is 9.53 Å². The molecule has 0 saturated heterocycles. The average Bonchev–Trinajstić information content (AvgIpc) is 2.59. The summed E-state index contributed by atoms with van der Waals surface area (Å²) >= 11 is 0. The van der Waals surface area contributed by atoms with Gasteiger partial charge >= 0.3 is 5.97 Å². The summed E-state index contributed by atoms with van der Waals surface area (Å²) in [6.07, 6.45) is 0. The van der Waals surface area contributed by atoms with Crippen LogP contribution < -0.4 is 0 Å². The lowest BCUT2D eigenvalue weighted by Crippen LogP contribution is -2.08. The Morgan fingerprint density at radius 1 is 1.05 bits per heavy atom. The van der Waals surface area contributed by atoms with Crippen LogP contribution in [0.15, 0.2) is 60.7 Å². The van der Waals surface area contributed by atoms with Crippen LogP contribution in [-0.2, 0) is 11.3 Å². The Bertz CT molecular complexity index is 881. The van der Waals surface area contributed by atoms with Gasteiger partial charge in [-0.05, 0) is 18.2 Å². The van der Waals surface area contributed by atoms with Crippen LogP contribution >= 0.6 is 0 Å². The van der Waals surface area contributed by atoms with Crippen molar-refractivity contribution in [2.45, 2.75) is 6.61 Å². The largest absolute Gasteiger partial charge is 0.456 e. The highest BCUT2D eigenvalue weighted by Gasteiger charge is 2.11. The summed E-state index contributed by atoms with van der Waals surface area (Å²) in [6, 6.07) is 20.1. The van der Waals surface area contributed by atoms with Crippen LogP contribution in [0.4, 0.5) is 0 Å². The molecule has 4 nitrogen and oxygen atoms in total. The minimum Gasteiger partial charge on any atom is -0.456 e. The number of nitriles is 1. The summed E-state index contributed by atoms with van der Waals surface area (Å²) in [6.45, 7) is 0.0527. The maximum atomic E-state index is 12.1. The highest BCUT2D eigenvalue weighted by atomic mass is 16.5. The minimum atomic E-state index is -0.501. The van der Waals surface area contributed by atoms with Crippen LogP contribution in [0, 0.1) is 11.3 Å². The van der Waals surface area contributed by atoms with Gasteiger partial charge in [-0.3, -0.25) is 0 Å². The number of hydrogen-bond acceptors (Lipinski definition) is 4. The van der Waals surface area contributed by atoms with Crippen molar-refractivity contribution >= 4 is 16.9 Å². The maximum Gasteiger partial charge on any atom is 0.357 e. The first-order valence-corrected chi connectivity index (χ1v) is 6.79. The molecule has 0 aliphatic heterocycles. The highest BCUT2D eigenvalue weighted by molar-refractivity contribution is 5.91. The number of pyridine rings is 1. The van der Waals surface area contributed by atoms with Crippen molar-refractivity contribution in [2.75, 3.05) is 0 Å². The lowest BCUT2D eigenvalue weighted by atomic mass is 10.1. The van der Waals surface area contributed by atoms with E-state index in [0.717, 1.165) is 10.9 Å². The molecular formula is C18H12N2O2. The number of nitrogens with zero attached hydrogens (tertiary/aromatic N) is 2. The van der Waals surface area contributed by atoms with Gasteiger partial charge in [-0.25, -0.2) is 9.78 Å². The predicted octanol–water partition coefficient (Wildman–Crippen LogP) is 3.46. The number of esters is 1. The van der Waals surface area contributed by atoms with Crippen LogP contribution in [0.3, 0.4) is 0 Å². The lowest BCUT2D eigenvalue weighted by Gasteiger charge is -2.06. The number of carbonyl (C=O) groups excluding carboxylic acids is 1. The Kier molecular flexibility index (Phi) is 3.80. The van der Waals surface area contributed by atoms with Gasteiger partial charge in [-0.15, -0.1) is 0 Å². The Hall–Kier alpha value is -3.19. The number of rotatable bonds is 3. The summed E-state index contributed by atoms with van der Waals surface area (Å²) in [7, 11) is 0. The van der Waals surface area contributed by atoms with E-state index in [0.29, 0.717) is 11.1 Å². The van der Waals surface area contributed by atoms with E-state index in [1.54, 1.807) is 30.3 Å². The van der Waals surface area contributed by atoms with Gasteiger partial charge in [-0.1, -0.05) is 42.5 Å². The average molecular weight is 288 g/mol. The third-order valence-electron chi connectivity index (χ3n) is 3.30. The second-order valence-corrected chi connectivity index (χ2v) is 4.73. The fourth-order valence-electron chi connectivity index (χ4n) is 2.15. The molecule has 0 spiro atoms. The number of carbonyl (C=O) groups is 1. The summed E-state index contributed by atoms with van der Waals surface area (Å²) in [5.41, 5.74) is 2.18. The van der Waals surface area contributed by atoms with E-state index in [-0.39, 0.29) is 12.3 Å². The van der Waals surface area contributed by atoms with E-state index in [4.69, 9.17) is 10.00 Å². The predicted molar refractivity (Wildman–Crippen MR) is 82.0 cm³/mol. The molecule has 1 heterocycles. The Balaban J connectivity index is 1.77. The molecule has 2 aromatic carbocycles. The molecule has 0 amide bonds. The Labute approximate surface area is 127 Å². The molecule has 0 saturated carbocycles.